The van der Waals surface area contributed by atoms with Crippen LogP contribution < -0.4 is 11.1 Å². The van der Waals surface area contributed by atoms with E-state index >= 15 is 0 Å². The van der Waals surface area contributed by atoms with Crippen LogP contribution >= 0.6 is 0 Å². The number of ether oxygens (including phenoxy) is 1. The molecule has 1 rings (SSSR count). The molecule has 0 aromatic heterocycles. The summed E-state index contributed by atoms with van der Waals surface area (Å²) in [5.41, 5.74) is 7.47. The van der Waals surface area contributed by atoms with Gasteiger partial charge in [0.15, 0.2) is 0 Å². The fourth-order valence-electron chi connectivity index (χ4n) is 1.74. The number of nitrogens with one attached hydrogen (secondary N) is 1. The molecule has 0 radical (unpaired) electrons. The van der Waals surface area contributed by atoms with Crippen molar-refractivity contribution in [3.05, 3.63) is 23.8 Å². The summed E-state index contributed by atoms with van der Waals surface area (Å²) in [6.07, 6.45) is 2.22. The maximum Gasteiger partial charge on any atom is 0.340 e. The summed E-state index contributed by atoms with van der Waals surface area (Å²) in [4.78, 5) is 13.7. The second-order valence-electron chi connectivity index (χ2n) is 4.73. The maximum absolute atomic E-state index is 11.5. The van der Waals surface area contributed by atoms with Gasteiger partial charge in [0.25, 0.3) is 0 Å². The predicted molar refractivity (Wildman–Crippen MR) is 78.5 cm³/mol. The highest BCUT2D eigenvalue weighted by Crippen LogP contribution is 2.18. The summed E-state index contributed by atoms with van der Waals surface area (Å²) >= 11 is 0. The van der Waals surface area contributed by atoms with Gasteiger partial charge in [-0.15, -0.1) is 0 Å². The fourth-order valence-corrected chi connectivity index (χ4v) is 1.74. The Bertz CT molecular complexity index is 419. The molecule has 0 aliphatic rings. The zero-order valence-corrected chi connectivity index (χ0v) is 11.9. The molecule has 0 atom stereocenters. The number of hydrogen-bond acceptors (Lipinski definition) is 5. The van der Waals surface area contributed by atoms with Crippen molar-refractivity contribution in [2.45, 2.75) is 12.8 Å². The number of benzene rings is 1. The third-order valence-electron chi connectivity index (χ3n) is 2.82. The smallest absolute Gasteiger partial charge is 0.340 e. The molecule has 0 saturated carbocycles. The van der Waals surface area contributed by atoms with E-state index in [-0.39, 0.29) is 0 Å². The van der Waals surface area contributed by atoms with E-state index in [1.54, 1.807) is 12.1 Å². The number of unbranched alkanes of at least 4 members (excludes halogenated alkanes) is 1. The van der Waals surface area contributed by atoms with Gasteiger partial charge in [0.2, 0.25) is 0 Å². The van der Waals surface area contributed by atoms with E-state index < -0.39 is 5.97 Å². The summed E-state index contributed by atoms with van der Waals surface area (Å²) in [6.45, 7) is 1.95. The van der Waals surface area contributed by atoms with Crippen molar-refractivity contribution in [2.24, 2.45) is 0 Å². The molecule has 1 aromatic carbocycles. The van der Waals surface area contributed by atoms with Crippen molar-refractivity contribution >= 4 is 17.3 Å². The van der Waals surface area contributed by atoms with Crippen LogP contribution in [0.1, 0.15) is 23.2 Å². The molecule has 0 saturated heterocycles. The molecule has 106 valence electrons. The number of rotatable bonds is 7. The zero-order valence-electron chi connectivity index (χ0n) is 11.9. The van der Waals surface area contributed by atoms with Gasteiger partial charge in [-0.3, -0.25) is 0 Å². The average Bonchev–Trinajstić information content (AvgIpc) is 2.39. The van der Waals surface area contributed by atoms with Crippen LogP contribution in [0.15, 0.2) is 18.2 Å². The van der Waals surface area contributed by atoms with Gasteiger partial charge in [0, 0.05) is 17.9 Å². The van der Waals surface area contributed by atoms with Crippen molar-refractivity contribution in [1.82, 2.24) is 4.90 Å². The van der Waals surface area contributed by atoms with Gasteiger partial charge in [-0.1, -0.05) is 0 Å². The lowest BCUT2D eigenvalue weighted by atomic mass is 10.1. The molecule has 0 heterocycles. The summed E-state index contributed by atoms with van der Waals surface area (Å²) in [5.74, 6) is -0.409. The summed E-state index contributed by atoms with van der Waals surface area (Å²) in [7, 11) is 5.48. The topological polar surface area (TPSA) is 67.6 Å². The molecule has 0 aliphatic heterocycles. The molecular weight excluding hydrogens is 242 g/mol. The Morgan fingerprint density at radius 2 is 2.11 bits per heavy atom. The molecule has 1 aromatic rings. The second-order valence-corrected chi connectivity index (χ2v) is 4.73. The Balaban J connectivity index is 2.48. The maximum atomic E-state index is 11.5. The van der Waals surface area contributed by atoms with Gasteiger partial charge in [-0.05, 0) is 51.7 Å². The molecule has 3 N–H and O–H groups in total. The van der Waals surface area contributed by atoms with Gasteiger partial charge in [0.1, 0.15) is 0 Å². The summed E-state index contributed by atoms with van der Waals surface area (Å²) in [5, 5.41) is 3.28. The van der Waals surface area contributed by atoms with E-state index in [9.17, 15) is 4.79 Å². The first-order valence-electron chi connectivity index (χ1n) is 6.41. The van der Waals surface area contributed by atoms with Crippen molar-refractivity contribution in [1.29, 1.82) is 0 Å². The van der Waals surface area contributed by atoms with Crippen LogP contribution in [0.25, 0.3) is 0 Å². The quantitative estimate of drug-likeness (QED) is 0.447. The highest BCUT2D eigenvalue weighted by molar-refractivity contribution is 5.96. The van der Waals surface area contributed by atoms with E-state index in [1.807, 2.05) is 6.07 Å². The first kappa shape index (κ1) is 15.3. The van der Waals surface area contributed by atoms with Crippen LogP contribution in [0.5, 0.6) is 0 Å². The summed E-state index contributed by atoms with van der Waals surface area (Å²) in [6, 6.07) is 5.31. The molecule has 5 heteroatoms. The minimum absolute atomic E-state index is 0.404. The Morgan fingerprint density at radius 1 is 1.37 bits per heavy atom. The Hall–Kier alpha value is -1.75. The molecule has 19 heavy (non-hydrogen) atoms. The largest absolute Gasteiger partial charge is 0.465 e. The first-order chi connectivity index (χ1) is 9.04. The minimum atomic E-state index is -0.409. The zero-order chi connectivity index (χ0) is 14.3. The standard InChI is InChI=1S/C14H23N3O2/c1-17(2)9-5-4-8-16-11-6-7-13(15)12(10-11)14(18)19-3/h6-7,10,16H,4-5,8-9,15H2,1-3H3. The molecular formula is C14H23N3O2. The predicted octanol–water partition coefficient (Wildman–Crippen LogP) is 1.81. The number of nitrogen functional groups attached to an aromatic ring is 1. The van der Waals surface area contributed by atoms with E-state index in [0.717, 1.165) is 31.6 Å². The molecule has 0 unspecified atom stereocenters. The molecule has 0 spiro atoms. The Kier molecular flexibility index (Phi) is 6.15. The minimum Gasteiger partial charge on any atom is -0.465 e. The fraction of sp³-hybridized carbons (Fsp3) is 0.500. The van der Waals surface area contributed by atoms with Crippen LogP contribution in [-0.2, 0) is 4.74 Å². The van der Waals surface area contributed by atoms with E-state index in [4.69, 9.17) is 5.73 Å². The SMILES string of the molecule is COC(=O)c1cc(NCCCCN(C)C)ccc1N. The third-order valence-corrected chi connectivity index (χ3v) is 2.82. The van der Waals surface area contributed by atoms with Crippen molar-refractivity contribution in [3.8, 4) is 0 Å². The monoisotopic (exact) mass is 265 g/mol. The van der Waals surface area contributed by atoms with E-state index in [2.05, 4.69) is 29.0 Å². The lowest BCUT2D eigenvalue weighted by Crippen LogP contribution is -2.14. The van der Waals surface area contributed by atoms with Gasteiger partial charge >= 0.3 is 5.97 Å². The number of nitrogens with zero attached hydrogens (tertiary/aromatic N) is 1. The number of nitrogens with two attached hydrogens (primary N) is 1. The van der Waals surface area contributed by atoms with Crippen molar-refractivity contribution < 1.29 is 9.53 Å². The second kappa shape index (κ2) is 7.63. The summed E-state index contributed by atoms with van der Waals surface area (Å²) < 4.78 is 4.69. The molecule has 0 amide bonds. The number of anilines is 2. The van der Waals surface area contributed by atoms with E-state index in [0.29, 0.717) is 11.3 Å². The molecule has 0 aliphatic carbocycles. The Morgan fingerprint density at radius 3 is 2.74 bits per heavy atom. The third kappa shape index (κ3) is 5.18. The molecule has 5 nitrogen and oxygen atoms in total. The lowest BCUT2D eigenvalue weighted by molar-refractivity contribution is 0.0602. The lowest BCUT2D eigenvalue weighted by Gasteiger charge is -2.11. The van der Waals surface area contributed by atoms with Crippen LogP contribution in [0.3, 0.4) is 0 Å². The van der Waals surface area contributed by atoms with Gasteiger partial charge < -0.3 is 20.7 Å². The number of esters is 1. The Labute approximate surface area is 114 Å². The van der Waals surface area contributed by atoms with Gasteiger partial charge in [0.05, 0.1) is 12.7 Å². The highest BCUT2D eigenvalue weighted by Gasteiger charge is 2.10. The van der Waals surface area contributed by atoms with Crippen LogP contribution in [0, 0.1) is 0 Å². The van der Waals surface area contributed by atoms with Crippen LogP contribution in [-0.4, -0.2) is 45.2 Å². The number of methoxy groups -OCH3 is 1. The van der Waals surface area contributed by atoms with Crippen molar-refractivity contribution in [3.63, 3.8) is 0 Å². The molecule has 0 bridgehead atoms. The molecule has 0 fully saturated rings. The highest BCUT2D eigenvalue weighted by atomic mass is 16.5. The first-order valence-corrected chi connectivity index (χ1v) is 6.41. The van der Waals surface area contributed by atoms with Crippen LogP contribution in [0.4, 0.5) is 11.4 Å². The van der Waals surface area contributed by atoms with Gasteiger partial charge in [-0.2, -0.15) is 0 Å². The average molecular weight is 265 g/mol. The number of carbonyl (C=O) groups is 1. The normalized spacial score (nSPS) is 10.5. The van der Waals surface area contributed by atoms with Gasteiger partial charge in [-0.25, -0.2) is 4.79 Å². The number of hydrogen-bond donors (Lipinski definition) is 2. The van der Waals surface area contributed by atoms with Crippen molar-refractivity contribution in [2.75, 3.05) is 45.3 Å². The van der Waals surface area contributed by atoms with E-state index in [1.165, 1.54) is 7.11 Å². The number of carbonyl (C=O) groups excluding carboxylic acids is 1. The van der Waals surface area contributed by atoms with Crippen LogP contribution in [0.2, 0.25) is 0 Å².